The molecule has 1 amide bonds. The number of methoxy groups -OCH3 is 4. The van der Waals surface area contributed by atoms with Gasteiger partial charge in [0.25, 0.3) is 5.91 Å². The van der Waals surface area contributed by atoms with E-state index in [2.05, 4.69) is 5.53 Å². The SMILES string of the molecule is COc1ccc([C@H]2[C@H](N3C=C(CO)N(C)N3)C(=O)N2c2cc(OC)c(OC)c(OC)c2)cc1OCc1ccccc1. The number of aliphatic hydroxyl groups is 1. The minimum atomic E-state index is -0.629. The van der Waals surface area contributed by atoms with Gasteiger partial charge in [-0.1, -0.05) is 36.4 Å². The first-order valence-corrected chi connectivity index (χ1v) is 13.0. The molecule has 2 heterocycles. The van der Waals surface area contributed by atoms with E-state index in [-0.39, 0.29) is 12.5 Å². The van der Waals surface area contributed by atoms with Crippen LogP contribution >= 0.6 is 0 Å². The molecule has 1 saturated heterocycles. The van der Waals surface area contributed by atoms with Gasteiger partial charge in [0.05, 0.1) is 52.5 Å². The van der Waals surface area contributed by atoms with Gasteiger partial charge in [-0.3, -0.25) is 14.8 Å². The second kappa shape index (κ2) is 11.9. The van der Waals surface area contributed by atoms with E-state index in [1.54, 1.807) is 47.4 Å². The summed E-state index contributed by atoms with van der Waals surface area (Å²) < 4.78 is 28.4. The highest BCUT2D eigenvalue weighted by atomic mass is 16.5. The Labute approximate surface area is 239 Å². The van der Waals surface area contributed by atoms with Crippen LogP contribution in [-0.2, 0) is 11.4 Å². The van der Waals surface area contributed by atoms with Crippen LogP contribution in [0.1, 0.15) is 17.2 Å². The zero-order valence-corrected chi connectivity index (χ0v) is 23.7. The first-order valence-electron chi connectivity index (χ1n) is 13.0. The maximum Gasteiger partial charge on any atom is 0.254 e. The number of β-lactam (4-membered cyclic amide) rings is 1. The van der Waals surface area contributed by atoms with Crippen molar-refractivity contribution in [3.05, 3.63) is 83.7 Å². The van der Waals surface area contributed by atoms with Crippen molar-refractivity contribution in [2.75, 3.05) is 47.0 Å². The van der Waals surface area contributed by atoms with Crippen LogP contribution in [0.3, 0.4) is 0 Å². The van der Waals surface area contributed by atoms with Gasteiger partial charge in [0.1, 0.15) is 6.61 Å². The number of hydrogen-bond donors (Lipinski definition) is 2. The second-order valence-corrected chi connectivity index (χ2v) is 9.51. The third-order valence-electron chi connectivity index (χ3n) is 7.21. The Kier molecular flexibility index (Phi) is 8.09. The van der Waals surface area contributed by atoms with Crippen LogP contribution in [0.5, 0.6) is 28.7 Å². The van der Waals surface area contributed by atoms with E-state index in [1.165, 1.54) is 21.3 Å². The van der Waals surface area contributed by atoms with Crippen LogP contribution in [0.4, 0.5) is 5.69 Å². The third-order valence-corrected chi connectivity index (χ3v) is 7.21. The molecule has 1 fully saturated rings. The maximum atomic E-state index is 13.9. The molecule has 2 aliphatic rings. The maximum absolute atomic E-state index is 13.9. The number of aliphatic hydroxyl groups excluding tert-OH is 1. The predicted molar refractivity (Wildman–Crippen MR) is 152 cm³/mol. The molecule has 0 aromatic heterocycles. The van der Waals surface area contributed by atoms with Crippen molar-refractivity contribution in [1.29, 1.82) is 0 Å². The number of carbonyl (C=O) groups excluding carboxylic acids is 1. The zero-order chi connectivity index (χ0) is 29.1. The Bertz CT molecular complexity index is 1410. The van der Waals surface area contributed by atoms with Crippen LogP contribution in [0.15, 0.2) is 72.6 Å². The van der Waals surface area contributed by atoms with E-state index >= 15 is 0 Å². The summed E-state index contributed by atoms with van der Waals surface area (Å²) >= 11 is 0. The number of nitrogens with one attached hydrogen (secondary N) is 1. The Morgan fingerprint density at radius 3 is 2.10 bits per heavy atom. The number of nitrogens with zero attached hydrogens (tertiary/aromatic N) is 3. The number of anilines is 1. The first kappa shape index (κ1) is 27.9. The molecule has 41 heavy (non-hydrogen) atoms. The second-order valence-electron chi connectivity index (χ2n) is 9.51. The van der Waals surface area contributed by atoms with Gasteiger partial charge in [-0.2, -0.15) is 0 Å². The average molecular weight is 563 g/mol. The molecule has 0 unspecified atom stereocenters. The fourth-order valence-corrected chi connectivity index (χ4v) is 5.10. The summed E-state index contributed by atoms with van der Waals surface area (Å²) in [7, 11) is 7.96. The molecule has 0 bridgehead atoms. The largest absolute Gasteiger partial charge is 0.493 e. The van der Waals surface area contributed by atoms with Gasteiger partial charge in [-0.15, -0.1) is 5.53 Å². The van der Waals surface area contributed by atoms with E-state index in [4.69, 9.17) is 23.7 Å². The minimum absolute atomic E-state index is 0.164. The molecule has 5 rings (SSSR count). The van der Waals surface area contributed by atoms with Gasteiger partial charge in [-0.25, -0.2) is 0 Å². The number of amides is 1. The standard InChI is InChI=1S/C30H34N4O7/c1-32-22(17-35)16-33(31-32)28-27(34(30(28)36)21-14-25(38-3)29(40-5)26(15-21)39-4)20-11-12-23(37-2)24(13-20)41-18-19-9-7-6-8-10-19/h6-16,27-28,31,35H,17-18H2,1-5H3/t27-,28-/m0/s1. The van der Waals surface area contributed by atoms with Gasteiger partial charge in [0, 0.05) is 25.4 Å². The topological polar surface area (TPSA) is 105 Å². The lowest BCUT2D eigenvalue weighted by Gasteiger charge is -2.50. The summed E-state index contributed by atoms with van der Waals surface area (Å²) in [6.07, 6.45) is 1.73. The molecular formula is C30H34N4O7. The number of likely N-dealkylation sites (N-methyl/N-ethyl adjacent to an activating group) is 1. The lowest BCUT2D eigenvalue weighted by Crippen LogP contribution is -2.67. The van der Waals surface area contributed by atoms with Crippen molar-refractivity contribution in [1.82, 2.24) is 15.6 Å². The number of hydrazine groups is 2. The van der Waals surface area contributed by atoms with E-state index in [9.17, 15) is 9.90 Å². The molecule has 2 atom stereocenters. The molecule has 11 nitrogen and oxygen atoms in total. The van der Waals surface area contributed by atoms with E-state index in [0.717, 1.165) is 11.1 Å². The van der Waals surface area contributed by atoms with Crippen LogP contribution < -0.4 is 34.1 Å². The van der Waals surface area contributed by atoms with Gasteiger partial charge < -0.3 is 33.7 Å². The van der Waals surface area contributed by atoms with Crippen molar-refractivity contribution in [3.63, 3.8) is 0 Å². The van der Waals surface area contributed by atoms with Crippen LogP contribution in [-0.4, -0.2) is 69.2 Å². The van der Waals surface area contributed by atoms with Crippen molar-refractivity contribution in [2.45, 2.75) is 18.7 Å². The highest BCUT2D eigenvalue weighted by Gasteiger charge is 2.53. The molecule has 0 radical (unpaired) electrons. The predicted octanol–water partition coefficient (Wildman–Crippen LogP) is 3.26. The number of carbonyl (C=O) groups is 1. The number of ether oxygens (including phenoxy) is 5. The zero-order valence-electron chi connectivity index (χ0n) is 23.7. The summed E-state index contributed by atoms with van der Waals surface area (Å²) in [6, 6.07) is 17.9. The number of hydrogen-bond acceptors (Lipinski definition) is 10. The summed E-state index contributed by atoms with van der Waals surface area (Å²) in [5.41, 5.74) is 6.19. The summed E-state index contributed by atoms with van der Waals surface area (Å²) in [6.45, 7) is 0.174. The fraction of sp³-hybridized carbons (Fsp3) is 0.300. The van der Waals surface area contributed by atoms with E-state index in [0.29, 0.717) is 46.7 Å². The monoisotopic (exact) mass is 562 g/mol. The molecule has 216 valence electrons. The van der Waals surface area contributed by atoms with Gasteiger partial charge in [0.15, 0.2) is 29.0 Å². The van der Waals surface area contributed by atoms with Gasteiger partial charge in [0.2, 0.25) is 5.75 Å². The normalized spacial score (nSPS) is 18.1. The van der Waals surface area contributed by atoms with Gasteiger partial charge in [-0.05, 0) is 23.3 Å². The molecule has 3 aromatic rings. The Morgan fingerprint density at radius 1 is 0.829 bits per heavy atom. The van der Waals surface area contributed by atoms with Crippen molar-refractivity contribution >= 4 is 11.6 Å². The number of rotatable bonds is 11. The number of benzene rings is 3. The smallest absolute Gasteiger partial charge is 0.254 e. The third kappa shape index (κ3) is 5.17. The highest BCUT2D eigenvalue weighted by molar-refractivity contribution is 6.06. The molecular weight excluding hydrogens is 528 g/mol. The fourth-order valence-electron chi connectivity index (χ4n) is 5.10. The molecule has 0 spiro atoms. The molecule has 11 heteroatoms. The van der Waals surface area contributed by atoms with Crippen LogP contribution in [0.2, 0.25) is 0 Å². The molecule has 2 N–H and O–H groups in total. The molecule has 2 aliphatic heterocycles. The van der Waals surface area contributed by atoms with E-state index < -0.39 is 12.1 Å². The van der Waals surface area contributed by atoms with Gasteiger partial charge >= 0.3 is 0 Å². The quantitative estimate of drug-likeness (QED) is 0.339. The van der Waals surface area contributed by atoms with E-state index in [1.807, 2.05) is 48.5 Å². The van der Waals surface area contributed by atoms with Crippen molar-refractivity contribution in [2.24, 2.45) is 0 Å². The highest BCUT2D eigenvalue weighted by Crippen LogP contribution is 2.48. The minimum Gasteiger partial charge on any atom is -0.493 e. The lowest BCUT2D eigenvalue weighted by atomic mass is 9.87. The Morgan fingerprint density at radius 2 is 1.51 bits per heavy atom. The summed E-state index contributed by atoms with van der Waals surface area (Å²) in [5.74, 6) is 2.25. The average Bonchev–Trinajstić information content (AvgIpc) is 3.37. The Hall–Kier alpha value is -4.61. The van der Waals surface area contributed by atoms with Crippen molar-refractivity contribution in [3.8, 4) is 28.7 Å². The van der Waals surface area contributed by atoms with Crippen LogP contribution in [0.25, 0.3) is 0 Å². The molecule has 0 aliphatic carbocycles. The first-order chi connectivity index (χ1) is 19.9. The molecule has 3 aromatic carbocycles. The van der Waals surface area contributed by atoms with Crippen molar-refractivity contribution < 1.29 is 33.6 Å². The Balaban J connectivity index is 1.56. The van der Waals surface area contributed by atoms with Crippen LogP contribution in [0, 0.1) is 0 Å². The lowest BCUT2D eigenvalue weighted by molar-refractivity contribution is -0.133. The molecule has 0 saturated carbocycles. The summed E-state index contributed by atoms with van der Waals surface area (Å²) in [5, 5.41) is 13.2. The summed E-state index contributed by atoms with van der Waals surface area (Å²) in [4.78, 5) is 15.6.